The maximum absolute atomic E-state index is 11.4. The summed E-state index contributed by atoms with van der Waals surface area (Å²) in [6, 6.07) is 0.163. The number of carboxylic acids is 1. The lowest BCUT2D eigenvalue weighted by Gasteiger charge is -2.25. The molecule has 2 atom stereocenters. The van der Waals surface area contributed by atoms with Crippen LogP contribution in [-0.2, 0) is 4.79 Å². The first-order valence-corrected chi connectivity index (χ1v) is 6.55. The van der Waals surface area contributed by atoms with E-state index < -0.39 is 11.5 Å². The smallest absolute Gasteiger partial charge is 0.323 e. The van der Waals surface area contributed by atoms with Gasteiger partial charge in [0.1, 0.15) is 5.54 Å². The molecule has 0 radical (unpaired) electrons. The summed E-state index contributed by atoms with van der Waals surface area (Å²) in [5.74, 6) is -0.756. The van der Waals surface area contributed by atoms with Crippen molar-refractivity contribution in [1.82, 2.24) is 15.1 Å². The predicted octanol–water partition coefficient (Wildman–Crippen LogP) is 1.80. The minimum atomic E-state index is -0.780. The molecule has 1 aromatic rings. The Bertz CT molecular complexity index is 421. The van der Waals surface area contributed by atoms with Crippen molar-refractivity contribution in [1.29, 1.82) is 0 Å². The molecule has 2 N–H and O–H groups in total. The Labute approximate surface area is 108 Å². The number of carbonyl (C=O) groups is 1. The Morgan fingerprint density at radius 1 is 1.82 bits per heavy atom. The average molecular weight is 302 g/mol. The minimum absolute atomic E-state index is 0.163. The highest BCUT2D eigenvalue weighted by Crippen LogP contribution is 2.38. The van der Waals surface area contributed by atoms with Crippen molar-refractivity contribution < 1.29 is 9.90 Å². The van der Waals surface area contributed by atoms with Crippen LogP contribution in [0.5, 0.6) is 0 Å². The quantitative estimate of drug-likeness (QED) is 0.890. The van der Waals surface area contributed by atoms with E-state index in [4.69, 9.17) is 0 Å². The van der Waals surface area contributed by atoms with Gasteiger partial charge >= 0.3 is 5.97 Å². The second-order valence-electron chi connectivity index (χ2n) is 4.45. The van der Waals surface area contributed by atoms with Crippen molar-refractivity contribution in [3.63, 3.8) is 0 Å². The number of halogens is 1. The lowest BCUT2D eigenvalue weighted by molar-refractivity contribution is -0.144. The second-order valence-corrected chi connectivity index (χ2v) is 5.37. The van der Waals surface area contributed by atoms with Crippen LogP contribution in [0, 0.1) is 0 Å². The van der Waals surface area contributed by atoms with Gasteiger partial charge in [0.2, 0.25) is 0 Å². The number of carboxylic acid groups (broad SMARTS) is 1. The minimum Gasteiger partial charge on any atom is -0.480 e. The van der Waals surface area contributed by atoms with Gasteiger partial charge in [0.05, 0.1) is 16.7 Å². The number of aromatic nitrogens is 2. The van der Waals surface area contributed by atoms with E-state index in [1.54, 1.807) is 6.20 Å². The highest BCUT2D eigenvalue weighted by Gasteiger charge is 2.45. The number of hydrogen-bond donors (Lipinski definition) is 2. The molecule has 17 heavy (non-hydrogen) atoms. The molecule has 5 nitrogen and oxygen atoms in total. The molecule has 1 heterocycles. The van der Waals surface area contributed by atoms with Gasteiger partial charge < -0.3 is 10.4 Å². The highest BCUT2D eigenvalue weighted by molar-refractivity contribution is 9.10. The van der Waals surface area contributed by atoms with E-state index in [0.717, 1.165) is 10.9 Å². The van der Waals surface area contributed by atoms with Crippen molar-refractivity contribution in [2.45, 2.75) is 37.8 Å². The van der Waals surface area contributed by atoms with Gasteiger partial charge in [-0.3, -0.25) is 9.48 Å². The van der Waals surface area contributed by atoms with E-state index in [-0.39, 0.29) is 6.04 Å². The SMILES string of the molecule is CCNC1(C(=O)O)CCC(n2cc(Br)cn2)C1. The van der Waals surface area contributed by atoms with Gasteiger partial charge in [-0.2, -0.15) is 5.10 Å². The van der Waals surface area contributed by atoms with Crippen molar-refractivity contribution in [2.75, 3.05) is 6.54 Å². The summed E-state index contributed by atoms with van der Waals surface area (Å²) >= 11 is 3.35. The molecule has 0 bridgehead atoms. The summed E-state index contributed by atoms with van der Waals surface area (Å²) < 4.78 is 2.78. The molecule has 2 rings (SSSR count). The van der Waals surface area contributed by atoms with Crippen LogP contribution in [0.1, 0.15) is 32.2 Å². The van der Waals surface area contributed by atoms with E-state index in [1.165, 1.54) is 0 Å². The van der Waals surface area contributed by atoms with Crippen LogP contribution in [0.4, 0.5) is 0 Å². The molecule has 1 saturated carbocycles. The standard InChI is InChI=1S/C11H16BrN3O2/c1-2-13-11(10(16)17)4-3-9(5-11)15-7-8(12)6-14-15/h6-7,9,13H,2-5H2,1H3,(H,16,17). The summed E-state index contributed by atoms with van der Waals surface area (Å²) in [6.07, 6.45) is 5.71. The molecule has 0 saturated heterocycles. The molecular weight excluding hydrogens is 286 g/mol. The normalized spacial score (nSPS) is 28.5. The zero-order chi connectivity index (χ0) is 12.5. The van der Waals surface area contributed by atoms with Crippen molar-refractivity contribution in [3.05, 3.63) is 16.9 Å². The number of hydrogen-bond acceptors (Lipinski definition) is 3. The van der Waals surface area contributed by atoms with Crippen LogP contribution in [0.2, 0.25) is 0 Å². The van der Waals surface area contributed by atoms with Crippen LogP contribution >= 0.6 is 15.9 Å². The topological polar surface area (TPSA) is 67.2 Å². The van der Waals surface area contributed by atoms with Gasteiger partial charge in [-0.05, 0) is 41.7 Å². The summed E-state index contributed by atoms with van der Waals surface area (Å²) in [6.45, 7) is 2.60. The molecule has 1 aliphatic carbocycles. The third-order valence-corrected chi connectivity index (χ3v) is 3.77. The summed E-state index contributed by atoms with van der Waals surface area (Å²) in [7, 11) is 0. The summed E-state index contributed by atoms with van der Waals surface area (Å²) in [4.78, 5) is 11.4. The Hall–Kier alpha value is -0.880. The molecule has 0 spiro atoms. The fourth-order valence-corrected chi connectivity index (χ4v) is 2.83. The molecule has 1 fully saturated rings. The van der Waals surface area contributed by atoms with Crippen molar-refractivity contribution in [3.8, 4) is 0 Å². The van der Waals surface area contributed by atoms with Gasteiger partial charge in [0.25, 0.3) is 0 Å². The van der Waals surface area contributed by atoms with Crippen LogP contribution < -0.4 is 5.32 Å². The first-order valence-electron chi connectivity index (χ1n) is 5.75. The molecule has 1 aromatic heterocycles. The Morgan fingerprint density at radius 3 is 3.12 bits per heavy atom. The highest BCUT2D eigenvalue weighted by atomic mass is 79.9. The van der Waals surface area contributed by atoms with Gasteiger partial charge in [-0.15, -0.1) is 0 Å². The Kier molecular flexibility index (Phi) is 3.53. The molecule has 1 aliphatic rings. The lowest BCUT2D eigenvalue weighted by Crippen LogP contribution is -2.50. The maximum atomic E-state index is 11.4. The predicted molar refractivity (Wildman–Crippen MR) is 66.9 cm³/mol. The van der Waals surface area contributed by atoms with Crippen molar-refractivity contribution in [2.24, 2.45) is 0 Å². The Balaban J connectivity index is 2.14. The van der Waals surface area contributed by atoms with E-state index >= 15 is 0 Å². The number of likely N-dealkylation sites (N-methyl/N-ethyl adjacent to an activating group) is 1. The first kappa shape index (κ1) is 12.6. The van der Waals surface area contributed by atoms with E-state index in [9.17, 15) is 9.90 Å². The van der Waals surface area contributed by atoms with Gasteiger partial charge in [-0.1, -0.05) is 6.92 Å². The third kappa shape index (κ3) is 2.37. The number of aliphatic carboxylic acids is 1. The van der Waals surface area contributed by atoms with Crippen LogP contribution in [0.15, 0.2) is 16.9 Å². The van der Waals surface area contributed by atoms with Crippen LogP contribution in [0.3, 0.4) is 0 Å². The largest absolute Gasteiger partial charge is 0.480 e. The van der Waals surface area contributed by atoms with Gasteiger partial charge in [0.15, 0.2) is 0 Å². The second kappa shape index (κ2) is 4.78. The summed E-state index contributed by atoms with van der Waals surface area (Å²) in [5, 5.41) is 16.7. The van der Waals surface area contributed by atoms with Gasteiger partial charge in [-0.25, -0.2) is 0 Å². The lowest BCUT2D eigenvalue weighted by atomic mass is 9.97. The van der Waals surface area contributed by atoms with E-state index in [0.29, 0.717) is 19.4 Å². The van der Waals surface area contributed by atoms with E-state index in [2.05, 4.69) is 26.3 Å². The number of rotatable bonds is 4. The fraction of sp³-hybridized carbons (Fsp3) is 0.636. The molecule has 6 heteroatoms. The zero-order valence-corrected chi connectivity index (χ0v) is 11.3. The van der Waals surface area contributed by atoms with Crippen molar-refractivity contribution >= 4 is 21.9 Å². The fourth-order valence-electron chi connectivity index (χ4n) is 2.53. The first-order chi connectivity index (χ1) is 8.07. The molecule has 0 aliphatic heterocycles. The third-order valence-electron chi connectivity index (χ3n) is 3.36. The number of nitrogens with one attached hydrogen (secondary N) is 1. The summed E-state index contributed by atoms with van der Waals surface area (Å²) in [5.41, 5.74) is -0.780. The maximum Gasteiger partial charge on any atom is 0.323 e. The molecule has 2 unspecified atom stereocenters. The molecule has 0 amide bonds. The Morgan fingerprint density at radius 2 is 2.59 bits per heavy atom. The molecule has 0 aromatic carbocycles. The average Bonchev–Trinajstić information content (AvgIpc) is 2.86. The number of nitrogens with zero attached hydrogens (tertiary/aromatic N) is 2. The molecule has 94 valence electrons. The molecular formula is C11H16BrN3O2. The zero-order valence-electron chi connectivity index (χ0n) is 9.69. The van der Waals surface area contributed by atoms with Gasteiger partial charge in [0, 0.05) is 6.20 Å². The van der Waals surface area contributed by atoms with E-state index in [1.807, 2.05) is 17.8 Å². The van der Waals surface area contributed by atoms with Crippen LogP contribution in [-0.4, -0.2) is 32.9 Å². The monoisotopic (exact) mass is 301 g/mol. The van der Waals surface area contributed by atoms with Crippen LogP contribution in [0.25, 0.3) is 0 Å².